The van der Waals surface area contributed by atoms with Crippen molar-refractivity contribution in [3.63, 3.8) is 0 Å². The smallest absolute Gasteiger partial charge is 0.229 e. The fourth-order valence-corrected chi connectivity index (χ4v) is 1.78. The van der Waals surface area contributed by atoms with Crippen molar-refractivity contribution in [1.82, 2.24) is 5.32 Å². The van der Waals surface area contributed by atoms with Crippen LogP contribution in [0, 0.1) is 5.92 Å². The molecule has 0 aromatic heterocycles. The van der Waals surface area contributed by atoms with Crippen molar-refractivity contribution < 1.29 is 14.7 Å². The van der Waals surface area contributed by atoms with E-state index in [1.807, 2.05) is 0 Å². The minimum atomic E-state index is -0.199. The molecule has 2 rings (SSSR count). The van der Waals surface area contributed by atoms with E-state index in [4.69, 9.17) is 0 Å². The van der Waals surface area contributed by atoms with Gasteiger partial charge in [-0.2, -0.15) is 0 Å². The van der Waals surface area contributed by atoms with E-state index in [1.165, 1.54) is 12.1 Å². The van der Waals surface area contributed by atoms with Crippen LogP contribution in [-0.2, 0) is 9.59 Å². The number of aromatic hydroxyl groups is 1. The number of benzene rings is 1. The van der Waals surface area contributed by atoms with E-state index in [0.29, 0.717) is 25.1 Å². The summed E-state index contributed by atoms with van der Waals surface area (Å²) in [7, 11) is 0. The number of rotatable bonds is 2. The Labute approximate surface area is 98.8 Å². The fraction of sp³-hybridized carbons (Fsp3) is 0.333. The Morgan fingerprint density at radius 3 is 2.94 bits per heavy atom. The molecule has 1 heterocycles. The van der Waals surface area contributed by atoms with E-state index in [9.17, 15) is 14.7 Å². The second kappa shape index (κ2) is 4.86. The normalized spacial score (nSPS) is 19.5. The summed E-state index contributed by atoms with van der Waals surface area (Å²) < 4.78 is 0. The highest BCUT2D eigenvalue weighted by Crippen LogP contribution is 2.18. The first-order chi connectivity index (χ1) is 8.15. The van der Waals surface area contributed by atoms with Gasteiger partial charge in [0.1, 0.15) is 5.75 Å². The molecule has 1 aromatic rings. The van der Waals surface area contributed by atoms with Gasteiger partial charge in [-0.1, -0.05) is 6.07 Å². The van der Waals surface area contributed by atoms with Gasteiger partial charge >= 0.3 is 0 Å². The molecular formula is C12H14N2O3. The maximum Gasteiger partial charge on any atom is 0.229 e. The van der Waals surface area contributed by atoms with Crippen LogP contribution < -0.4 is 10.6 Å². The third-order valence-corrected chi connectivity index (χ3v) is 2.75. The van der Waals surface area contributed by atoms with Gasteiger partial charge in [-0.15, -0.1) is 0 Å². The number of amides is 2. The van der Waals surface area contributed by atoms with Crippen LogP contribution in [0.5, 0.6) is 5.75 Å². The Bertz CT molecular complexity index is 435. The zero-order valence-electron chi connectivity index (χ0n) is 9.27. The Kier molecular flexibility index (Phi) is 3.27. The van der Waals surface area contributed by atoms with Crippen LogP contribution in [0.3, 0.4) is 0 Å². The predicted octanol–water partition coefficient (Wildman–Crippen LogP) is 0.857. The molecule has 1 aliphatic heterocycles. The third kappa shape index (κ3) is 2.96. The van der Waals surface area contributed by atoms with Gasteiger partial charge < -0.3 is 15.7 Å². The molecule has 90 valence electrons. The summed E-state index contributed by atoms with van der Waals surface area (Å²) >= 11 is 0. The van der Waals surface area contributed by atoms with Gasteiger partial charge in [0, 0.05) is 24.7 Å². The van der Waals surface area contributed by atoms with Crippen molar-refractivity contribution >= 4 is 17.5 Å². The van der Waals surface area contributed by atoms with Crippen LogP contribution in [0.15, 0.2) is 24.3 Å². The number of hydrogen-bond acceptors (Lipinski definition) is 3. The highest BCUT2D eigenvalue weighted by atomic mass is 16.3. The molecule has 5 nitrogen and oxygen atoms in total. The second-order valence-electron chi connectivity index (χ2n) is 4.08. The van der Waals surface area contributed by atoms with Crippen LogP contribution in [0.25, 0.3) is 0 Å². The lowest BCUT2D eigenvalue weighted by atomic mass is 9.98. The standard InChI is InChI=1S/C12H14N2O3/c15-10-3-1-2-9(6-10)14-12(17)8-4-5-11(16)13-7-8/h1-3,6,8,15H,4-5,7H2,(H,13,16)(H,14,17). The largest absolute Gasteiger partial charge is 0.508 e. The van der Waals surface area contributed by atoms with Crippen molar-refractivity contribution in [3.8, 4) is 5.75 Å². The molecular weight excluding hydrogens is 220 g/mol. The highest BCUT2D eigenvalue weighted by molar-refractivity contribution is 5.94. The summed E-state index contributed by atoms with van der Waals surface area (Å²) in [5, 5.41) is 14.6. The van der Waals surface area contributed by atoms with Gasteiger partial charge in [0.25, 0.3) is 0 Å². The summed E-state index contributed by atoms with van der Waals surface area (Å²) in [4.78, 5) is 22.8. The number of nitrogens with one attached hydrogen (secondary N) is 2. The second-order valence-corrected chi connectivity index (χ2v) is 4.08. The SMILES string of the molecule is O=C1CCC(C(=O)Nc2cccc(O)c2)CN1. The molecule has 1 fully saturated rings. The summed E-state index contributed by atoms with van der Waals surface area (Å²) in [5.41, 5.74) is 0.562. The van der Waals surface area contributed by atoms with E-state index in [0.717, 1.165) is 0 Å². The number of phenols is 1. The topological polar surface area (TPSA) is 78.4 Å². The van der Waals surface area contributed by atoms with Gasteiger partial charge in [-0.05, 0) is 18.6 Å². The third-order valence-electron chi connectivity index (χ3n) is 2.75. The van der Waals surface area contributed by atoms with E-state index in [-0.39, 0.29) is 23.5 Å². The summed E-state index contributed by atoms with van der Waals surface area (Å²) in [6, 6.07) is 6.39. The molecule has 0 aliphatic carbocycles. The zero-order chi connectivity index (χ0) is 12.3. The first-order valence-corrected chi connectivity index (χ1v) is 5.52. The van der Waals surface area contributed by atoms with Crippen molar-refractivity contribution in [2.75, 3.05) is 11.9 Å². The maximum absolute atomic E-state index is 11.8. The molecule has 0 bridgehead atoms. The van der Waals surface area contributed by atoms with Crippen LogP contribution in [0.4, 0.5) is 5.69 Å². The Morgan fingerprint density at radius 2 is 2.29 bits per heavy atom. The van der Waals surface area contributed by atoms with Gasteiger partial charge in [0.05, 0.1) is 5.92 Å². The Balaban J connectivity index is 1.95. The van der Waals surface area contributed by atoms with Crippen LogP contribution in [-0.4, -0.2) is 23.5 Å². The number of piperidine rings is 1. The van der Waals surface area contributed by atoms with Gasteiger partial charge in [-0.25, -0.2) is 0 Å². The summed E-state index contributed by atoms with van der Waals surface area (Å²) in [6.45, 7) is 0.378. The van der Waals surface area contributed by atoms with E-state index >= 15 is 0 Å². The summed E-state index contributed by atoms with van der Waals surface area (Å²) in [5.74, 6) is -0.225. The monoisotopic (exact) mass is 234 g/mol. The molecule has 1 saturated heterocycles. The van der Waals surface area contributed by atoms with Gasteiger partial charge in [-0.3, -0.25) is 9.59 Å². The molecule has 3 N–H and O–H groups in total. The number of anilines is 1. The zero-order valence-corrected chi connectivity index (χ0v) is 9.27. The molecule has 1 atom stereocenters. The van der Waals surface area contributed by atoms with E-state index in [1.54, 1.807) is 12.1 Å². The fourth-order valence-electron chi connectivity index (χ4n) is 1.78. The molecule has 5 heteroatoms. The van der Waals surface area contributed by atoms with Crippen LogP contribution >= 0.6 is 0 Å². The van der Waals surface area contributed by atoms with E-state index in [2.05, 4.69) is 10.6 Å². The minimum absolute atomic E-state index is 0.00796. The molecule has 1 aromatic carbocycles. The summed E-state index contributed by atoms with van der Waals surface area (Å²) in [6.07, 6.45) is 0.953. The molecule has 2 amide bonds. The number of carbonyl (C=O) groups excluding carboxylic acids is 2. The first kappa shape index (κ1) is 11.4. The molecule has 1 aliphatic rings. The molecule has 0 spiro atoms. The number of carbonyl (C=O) groups is 2. The van der Waals surface area contributed by atoms with Gasteiger partial charge in [0.15, 0.2) is 0 Å². The van der Waals surface area contributed by atoms with Crippen molar-refractivity contribution in [3.05, 3.63) is 24.3 Å². The highest BCUT2D eigenvalue weighted by Gasteiger charge is 2.24. The lowest BCUT2D eigenvalue weighted by molar-refractivity contribution is -0.126. The molecule has 0 saturated carbocycles. The maximum atomic E-state index is 11.8. The van der Waals surface area contributed by atoms with Gasteiger partial charge in [0.2, 0.25) is 11.8 Å². The average molecular weight is 234 g/mol. The quantitative estimate of drug-likeness (QED) is 0.710. The number of phenolic OH excluding ortho intramolecular Hbond substituents is 1. The van der Waals surface area contributed by atoms with Crippen molar-refractivity contribution in [1.29, 1.82) is 0 Å². The van der Waals surface area contributed by atoms with Crippen LogP contribution in [0.1, 0.15) is 12.8 Å². The Morgan fingerprint density at radius 1 is 1.47 bits per heavy atom. The predicted molar refractivity (Wildman–Crippen MR) is 62.5 cm³/mol. The number of hydrogen-bond donors (Lipinski definition) is 3. The van der Waals surface area contributed by atoms with Crippen LogP contribution in [0.2, 0.25) is 0 Å². The van der Waals surface area contributed by atoms with Crippen molar-refractivity contribution in [2.45, 2.75) is 12.8 Å². The first-order valence-electron chi connectivity index (χ1n) is 5.52. The lowest BCUT2D eigenvalue weighted by Crippen LogP contribution is -2.40. The molecule has 17 heavy (non-hydrogen) atoms. The van der Waals surface area contributed by atoms with Crippen molar-refractivity contribution in [2.24, 2.45) is 5.92 Å². The average Bonchev–Trinajstić information content (AvgIpc) is 2.29. The molecule has 0 radical (unpaired) electrons. The Hall–Kier alpha value is -2.04. The minimum Gasteiger partial charge on any atom is -0.508 e. The lowest BCUT2D eigenvalue weighted by Gasteiger charge is -2.21. The van der Waals surface area contributed by atoms with E-state index < -0.39 is 0 Å². The molecule has 1 unspecified atom stereocenters.